The molecule has 4 heteroatoms. The third-order valence-electron chi connectivity index (χ3n) is 3.24. The Kier molecular flexibility index (Phi) is 1.56. The third kappa shape index (κ3) is 0.953. The second-order valence-corrected chi connectivity index (χ2v) is 4.20. The summed E-state index contributed by atoms with van der Waals surface area (Å²) in [4.78, 5) is 24.3. The first-order valence-electron chi connectivity index (χ1n) is 5.56. The minimum atomic E-state index is -0.461. The lowest BCUT2D eigenvalue weighted by atomic mass is 10.1. The quantitative estimate of drug-likeness (QED) is 0.439. The molecule has 0 fully saturated rings. The van der Waals surface area contributed by atoms with Gasteiger partial charge in [0.15, 0.2) is 11.0 Å². The highest BCUT2D eigenvalue weighted by atomic mass is 16.4. The highest BCUT2D eigenvalue weighted by Gasteiger charge is 2.15. The van der Waals surface area contributed by atoms with Crippen LogP contribution >= 0.6 is 0 Å². The fraction of sp³-hybridized carbons (Fsp3) is 0. The van der Waals surface area contributed by atoms with Crippen molar-refractivity contribution in [2.75, 3.05) is 0 Å². The Balaban J connectivity index is 2.59. The Labute approximate surface area is 100 Å². The zero-order valence-electron chi connectivity index (χ0n) is 9.21. The summed E-state index contributed by atoms with van der Waals surface area (Å²) in [5, 5.41) is 1.04. The van der Waals surface area contributed by atoms with Crippen LogP contribution < -0.4 is 11.2 Å². The first-order chi connectivity index (χ1) is 8.77. The van der Waals surface area contributed by atoms with E-state index in [4.69, 9.17) is 4.42 Å². The molecule has 0 N–H and O–H groups in total. The van der Waals surface area contributed by atoms with Gasteiger partial charge in [0.2, 0.25) is 0 Å². The van der Waals surface area contributed by atoms with Gasteiger partial charge in [0.1, 0.15) is 5.52 Å². The largest absolute Gasteiger partial charge is 0.424 e. The molecule has 0 bridgehead atoms. The van der Waals surface area contributed by atoms with E-state index in [0.29, 0.717) is 27.4 Å². The summed E-state index contributed by atoms with van der Waals surface area (Å²) in [6.07, 6.45) is 0. The first-order valence-corrected chi connectivity index (χ1v) is 5.56. The van der Waals surface area contributed by atoms with Gasteiger partial charge in [-0.2, -0.15) is 0 Å². The van der Waals surface area contributed by atoms with Gasteiger partial charge >= 0.3 is 5.76 Å². The molecule has 0 radical (unpaired) electrons. The number of hydrogen-bond acceptors (Lipinski definition) is 3. The molecule has 0 aliphatic heterocycles. The van der Waals surface area contributed by atoms with Crippen LogP contribution in [0.1, 0.15) is 0 Å². The highest BCUT2D eigenvalue weighted by Crippen LogP contribution is 2.21. The predicted molar refractivity (Wildman–Crippen MR) is 68.4 cm³/mol. The molecule has 0 saturated heterocycles. The molecule has 2 aromatic carbocycles. The van der Waals surface area contributed by atoms with Crippen molar-refractivity contribution in [3.63, 3.8) is 0 Å². The zero-order chi connectivity index (χ0) is 12.3. The smallest absolute Gasteiger partial charge is 0.407 e. The molecule has 2 aromatic heterocycles. The van der Waals surface area contributed by atoms with E-state index in [-0.39, 0.29) is 5.43 Å². The SMILES string of the molecule is O=c1c2ccccc2n2c(=O)oc3cccc1c32. The van der Waals surface area contributed by atoms with E-state index >= 15 is 0 Å². The summed E-state index contributed by atoms with van der Waals surface area (Å²) >= 11 is 0. The van der Waals surface area contributed by atoms with Gasteiger partial charge in [-0.1, -0.05) is 18.2 Å². The van der Waals surface area contributed by atoms with Crippen LogP contribution in [-0.2, 0) is 0 Å². The summed E-state index contributed by atoms with van der Waals surface area (Å²) < 4.78 is 6.63. The predicted octanol–water partition coefficient (Wildman–Crippen LogP) is 2.00. The number of para-hydroxylation sites is 2. The van der Waals surface area contributed by atoms with Gasteiger partial charge in [0.25, 0.3) is 0 Å². The Morgan fingerprint density at radius 1 is 0.889 bits per heavy atom. The summed E-state index contributed by atoms with van der Waals surface area (Å²) in [6.45, 7) is 0. The van der Waals surface area contributed by atoms with Crippen LogP contribution in [0.4, 0.5) is 0 Å². The van der Waals surface area contributed by atoms with Crippen LogP contribution in [0.15, 0.2) is 56.5 Å². The zero-order valence-corrected chi connectivity index (χ0v) is 9.21. The van der Waals surface area contributed by atoms with Crippen LogP contribution in [0.3, 0.4) is 0 Å². The maximum absolute atomic E-state index is 12.3. The normalized spacial score (nSPS) is 11.8. The number of rotatable bonds is 0. The number of benzene rings is 2. The van der Waals surface area contributed by atoms with Crippen LogP contribution in [0.2, 0.25) is 0 Å². The van der Waals surface area contributed by atoms with E-state index in [1.807, 2.05) is 0 Å². The average Bonchev–Trinajstić information content (AvgIpc) is 2.73. The molecule has 0 aliphatic carbocycles. The van der Waals surface area contributed by atoms with Crippen molar-refractivity contribution in [2.24, 2.45) is 0 Å². The number of pyridine rings is 1. The number of aromatic nitrogens is 1. The summed E-state index contributed by atoms with van der Waals surface area (Å²) in [5.41, 5.74) is 1.52. The maximum Gasteiger partial charge on any atom is 0.424 e. The lowest BCUT2D eigenvalue weighted by Gasteiger charge is -2.02. The van der Waals surface area contributed by atoms with Crippen molar-refractivity contribution < 1.29 is 4.42 Å². The van der Waals surface area contributed by atoms with Crippen LogP contribution in [0.25, 0.3) is 27.4 Å². The van der Waals surface area contributed by atoms with Gasteiger partial charge in [-0.25, -0.2) is 9.20 Å². The van der Waals surface area contributed by atoms with E-state index in [1.165, 1.54) is 4.40 Å². The molecule has 4 rings (SSSR count). The first kappa shape index (κ1) is 9.41. The molecule has 2 heterocycles. The highest BCUT2D eigenvalue weighted by molar-refractivity contribution is 6.00. The molecule has 0 saturated carbocycles. The van der Waals surface area contributed by atoms with Gasteiger partial charge in [-0.05, 0) is 24.3 Å². The van der Waals surface area contributed by atoms with Crippen LogP contribution in [0.5, 0.6) is 0 Å². The fourth-order valence-electron chi connectivity index (χ4n) is 2.47. The average molecular weight is 237 g/mol. The number of nitrogens with zero attached hydrogens (tertiary/aromatic N) is 1. The van der Waals surface area contributed by atoms with Gasteiger partial charge < -0.3 is 4.42 Å². The Morgan fingerprint density at radius 3 is 2.56 bits per heavy atom. The molecule has 0 atom stereocenters. The van der Waals surface area contributed by atoms with Gasteiger partial charge in [0, 0.05) is 5.39 Å². The Bertz CT molecular complexity index is 1010. The molecular formula is C14H7NO3. The van der Waals surface area contributed by atoms with Gasteiger partial charge in [0.05, 0.1) is 10.9 Å². The van der Waals surface area contributed by atoms with Gasteiger partial charge in [-0.15, -0.1) is 0 Å². The molecule has 0 spiro atoms. The lowest BCUT2D eigenvalue weighted by molar-refractivity contribution is 0.548. The van der Waals surface area contributed by atoms with E-state index < -0.39 is 5.76 Å². The summed E-state index contributed by atoms with van der Waals surface area (Å²) in [7, 11) is 0. The topological polar surface area (TPSA) is 51.7 Å². The number of fused-ring (bicyclic) bond motifs is 2. The number of oxazole rings is 1. The van der Waals surface area contributed by atoms with E-state index in [1.54, 1.807) is 42.5 Å². The lowest BCUT2D eigenvalue weighted by Crippen LogP contribution is -2.12. The molecule has 0 aliphatic rings. The molecule has 18 heavy (non-hydrogen) atoms. The molecule has 4 aromatic rings. The minimum absolute atomic E-state index is 0.0722. The second kappa shape index (κ2) is 2.98. The van der Waals surface area contributed by atoms with Crippen molar-refractivity contribution in [1.82, 2.24) is 4.40 Å². The summed E-state index contributed by atoms with van der Waals surface area (Å²) in [5.74, 6) is -0.461. The van der Waals surface area contributed by atoms with Crippen molar-refractivity contribution in [1.29, 1.82) is 0 Å². The van der Waals surface area contributed by atoms with Crippen molar-refractivity contribution in [3.05, 3.63) is 63.2 Å². The molecule has 0 unspecified atom stereocenters. The standard InChI is InChI=1S/C14H7NO3/c16-13-8-4-1-2-6-10(8)15-12-9(13)5-3-7-11(12)18-14(15)17/h1-7H. The van der Waals surface area contributed by atoms with Crippen molar-refractivity contribution in [2.45, 2.75) is 0 Å². The monoisotopic (exact) mass is 237 g/mol. The minimum Gasteiger partial charge on any atom is -0.407 e. The van der Waals surface area contributed by atoms with E-state index in [2.05, 4.69) is 0 Å². The maximum atomic E-state index is 12.3. The third-order valence-corrected chi connectivity index (χ3v) is 3.24. The van der Waals surface area contributed by atoms with Crippen LogP contribution in [-0.4, -0.2) is 4.40 Å². The fourth-order valence-corrected chi connectivity index (χ4v) is 2.47. The number of hydrogen-bond donors (Lipinski definition) is 0. The molecule has 0 amide bonds. The second-order valence-electron chi connectivity index (χ2n) is 4.20. The van der Waals surface area contributed by atoms with E-state index in [9.17, 15) is 9.59 Å². The van der Waals surface area contributed by atoms with Crippen LogP contribution in [0, 0.1) is 0 Å². The van der Waals surface area contributed by atoms with E-state index in [0.717, 1.165) is 0 Å². The molecule has 86 valence electrons. The molecule has 4 nitrogen and oxygen atoms in total. The van der Waals surface area contributed by atoms with Gasteiger partial charge in [-0.3, -0.25) is 4.79 Å². The van der Waals surface area contributed by atoms with Crippen molar-refractivity contribution >= 4 is 27.4 Å². The Morgan fingerprint density at radius 2 is 1.67 bits per heavy atom. The Hall–Kier alpha value is -2.62. The van der Waals surface area contributed by atoms with Crippen molar-refractivity contribution in [3.8, 4) is 0 Å². The molecular weight excluding hydrogens is 230 g/mol. The summed E-state index contributed by atoms with van der Waals surface area (Å²) in [6, 6.07) is 12.2.